The molecule has 0 aromatic carbocycles. The first-order valence-electron chi connectivity index (χ1n) is 8.27. The van der Waals surface area contributed by atoms with Crippen LogP contribution < -0.4 is 10.1 Å². The van der Waals surface area contributed by atoms with E-state index in [0.717, 1.165) is 12.2 Å². The number of methoxy groups -OCH3 is 1. The van der Waals surface area contributed by atoms with Gasteiger partial charge >= 0.3 is 0 Å². The zero-order chi connectivity index (χ0) is 18.5. The van der Waals surface area contributed by atoms with Crippen LogP contribution >= 0.6 is 0 Å². The van der Waals surface area contributed by atoms with Crippen molar-refractivity contribution in [3.63, 3.8) is 0 Å². The lowest BCUT2D eigenvalue weighted by atomic mass is 10.2. The van der Waals surface area contributed by atoms with E-state index in [9.17, 15) is 4.79 Å². The molecule has 0 saturated heterocycles. The average Bonchev–Trinajstić information content (AvgIpc) is 3.32. The Kier molecular flexibility index (Phi) is 5.20. The van der Waals surface area contributed by atoms with E-state index in [4.69, 9.17) is 4.74 Å². The highest BCUT2D eigenvalue weighted by atomic mass is 16.5. The molecule has 26 heavy (non-hydrogen) atoms. The van der Waals surface area contributed by atoms with E-state index in [-0.39, 0.29) is 5.91 Å². The van der Waals surface area contributed by atoms with E-state index in [2.05, 4.69) is 30.8 Å². The van der Waals surface area contributed by atoms with Crippen molar-refractivity contribution in [2.24, 2.45) is 0 Å². The van der Waals surface area contributed by atoms with Crippen molar-refractivity contribution in [1.29, 1.82) is 0 Å². The first kappa shape index (κ1) is 17.5. The first-order chi connectivity index (χ1) is 12.7. The molecular formula is C16H20N8O2. The molecule has 136 valence electrons. The van der Waals surface area contributed by atoms with Gasteiger partial charge in [-0.05, 0) is 19.4 Å². The fraction of sp³-hybridized carbons (Fsp3) is 0.375. The van der Waals surface area contributed by atoms with Crippen LogP contribution in [0.2, 0.25) is 0 Å². The van der Waals surface area contributed by atoms with Crippen molar-refractivity contribution < 1.29 is 9.53 Å². The third-order valence-electron chi connectivity index (χ3n) is 3.94. The Balaban J connectivity index is 1.79. The molecule has 0 radical (unpaired) electrons. The quantitative estimate of drug-likeness (QED) is 0.665. The lowest BCUT2D eigenvalue weighted by Gasteiger charge is -2.08. The van der Waals surface area contributed by atoms with Crippen molar-refractivity contribution in [3.8, 4) is 11.7 Å². The van der Waals surface area contributed by atoms with Crippen molar-refractivity contribution in [2.75, 3.05) is 7.11 Å². The fourth-order valence-electron chi connectivity index (χ4n) is 2.57. The molecule has 10 nitrogen and oxygen atoms in total. The SMILES string of the molecule is CCc1c(C(=O)NCc2nncn2CC)cnn1-c1ccc(OC)nn1. The molecule has 3 rings (SSSR count). The number of carbonyl (C=O) groups excluding carboxylic acids is 1. The van der Waals surface area contributed by atoms with Crippen molar-refractivity contribution in [3.05, 3.63) is 41.7 Å². The summed E-state index contributed by atoms with van der Waals surface area (Å²) < 4.78 is 8.49. The number of carbonyl (C=O) groups is 1. The maximum absolute atomic E-state index is 12.6. The normalized spacial score (nSPS) is 10.7. The van der Waals surface area contributed by atoms with Gasteiger partial charge in [-0.15, -0.1) is 20.4 Å². The first-order valence-corrected chi connectivity index (χ1v) is 8.27. The minimum atomic E-state index is -0.222. The van der Waals surface area contributed by atoms with Gasteiger partial charge in [0.05, 0.1) is 31.1 Å². The van der Waals surface area contributed by atoms with Gasteiger partial charge in [0.1, 0.15) is 6.33 Å². The van der Waals surface area contributed by atoms with Crippen LogP contribution in [-0.2, 0) is 19.5 Å². The molecule has 1 N–H and O–H groups in total. The van der Waals surface area contributed by atoms with Crippen LogP contribution in [-0.4, -0.2) is 47.8 Å². The van der Waals surface area contributed by atoms with E-state index < -0.39 is 0 Å². The number of hydrogen-bond acceptors (Lipinski definition) is 7. The van der Waals surface area contributed by atoms with Crippen LogP contribution in [0.3, 0.4) is 0 Å². The molecule has 0 aliphatic carbocycles. The predicted octanol–water partition coefficient (Wildman–Crippen LogP) is 0.775. The van der Waals surface area contributed by atoms with Gasteiger partial charge in [-0.1, -0.05) is 6.92 Å². The summed E-state index contributed by atoms with van der Waals surface area (Å²) in [6, 6.07) is 3.43. The Hall–Kier alpha value is -3.30. The molecular weight excluding hydrogens is 336 g/mol. The Labute approximate surface area is 150 Å². The lowest BCUT2D eigenvalue weighted by Crippen LogP contribution is -2.25. The van der Waals surface area contributed by atoms with Crippen LogP contribution in [0.25, 0.3) is 5.82 Å². The van der Waals surface area contributed by atoms with Crippen molar-refractivity contribution >= 4 is 5.91 Å². The minimum absolute atomic E-state index is 0.222. The molecule has 0 fully saturated rings. The molecule has 0 bridgehead atoms. The summed E-state index contributed by atoms with van der Waals surface area (Å²) in [4.78, 5) is 12.6. The monoisotopic (exact) mass is 356 g/mol. The molecule has 0 spiro atoms. The topological polar surface area (TPSA) is 113 Å². The third kappa shape index (κ3) is 3.39. The van der Waals surface area contributed by atoms with Crippen LogP contribution in [0.4, 0.5) is 0 Å². The maximum Gasteiger partial charge on any atom is 0.255 e. The highest BCUT2D eigenvalue weighted by Gasteiger charge is 2.18. The van der Waals surface area contributed by atoms with Gasteiger partial charge in [0.15, 0.2) is 11.6 Å². The van der Waals surface area contributed by atoms with E-state index in [0.29, 0.717) is 36.1 Å². The molecule has 3 aromatic heterocycles. The van der Waals surface area contributed by atoms with Gasteiger partial charge in [-0.2, -0.15) is 5.10 Å². The lowest BCUT2D eigenvalue weighted by molar-refractivity contribution is 0.0948. The molecule has 3 heterocycles. The Morgan fingerprint density at radius 2 is 2.08 bits per heavy atom. The zero-order valence-electron chi connectivity index (χ0n) is 14.9. The summed E-state index contributed by atoms with van der Waals surface area (Å²) >= 11 is 0. The van der Waals surface area contributed by atoms with Gasteiger partial charge in [-0.3, -0.25) is 4.79 Å². The van der Waals surface area contributed by atoms with Gasteiger partial charge in [0.2, 0.25) is 5.88 Å². The van der Waals surface area contributed by atoms with E-state index in [1.807, 2.05) is 18.4 Å². The number of amides is 1. The molecule has 3 aromatic rings. The van der Waals surface area contributed by atoms with Gasteiger partial charge in [0, 0.05) is 12.6 Å². The van der Waals surface area contributed by atoms with Crippen molar-refractivity contribution in [1.82, 2.24) is 40.1 Å². The van der Waals surface area contributed by atoms with Gasteiger partial charge < -0.3 is 14.6 Å². The average molecular weight is 356 g/mol. The van der Waals surface area contributed by atoms with Crippen LogP contribution in [0.1, 0.15) is 35.7 Å². The maximum atomic E-state index is 12.6. The van der Waals surface area contributed by atoms with E-state index in [1.54, 1.807) is 23.1 Å². The van der Waals surface area contributed by atoms with Crippen LogP contribution in [0.15, 0.2) is 24.7 Å². The summed E-state index contributed by atoms with van der Waals surface area (Å²) in [5.41, 5.74) is 1.24. The molecule has 0 aliphatic heterocycles. The summed E-state index contributed by atoms with van der Waals surface area (Å²) in [5.74, 6) is 1.41. The standard InChI is InChI=1S/C16H20N8O2/c1-4-12-11(16(25)17-9-14-20-18-10-23(14)5-2)8-19-24(12)13-6-7-15(26-3)22-21-13/h6-8,10H,4-5,9H2,1-3H3,(H,17,25). The number of nitrogens with zero attached hydrogens (tertiary/aromatic N) is 7. The number of aromatic nitrogens is 7. The zero-order valence-corrected chi connectivity index (χ0v) is 14.9. The summed E-state index contributed by atoms with van der Waals surface area (Å²) in [7, 11) is 1.52. The molecule has 1 amide bonds. The van der Waals surface area contributed by atoms with Gasteiger partial charge in [0.25, 0.3) is 5.91 Å². The molecule has 0 aliphatic rings. The van der Waals surface area contributed by atoms with E-state index >= 15 is 0 Å². The Morgan fingerprint density at radius 1 is 1.23 bits per heavy atom. The number of hydrogen-bond donors (Lipinski definition) is 1. The molecule has 0 saturated carbocycles. The molecule has 0 atom stereocenters. The fourth-order valence-corrected chi connectivity index (χ4v) is 2.57. The molecule has 0 unspecified atom stereocenters. The summed E-state index contributed by atoms with van der Waals surface area (Å²) in [6.07, 6.45) is 3.78. The summed E-state index contributed by atoms with van der Waals surface area (Å²) in [5, 5.41) is 23.0. The van der Waals surface area contributed by atoms with E-state index in [1.165, 1.54) is 13.3 Å². The molecule has 10 heteroatoms. The second-order valence-electron chi connectivity index (χ2n) is 5.42. The van der Waals surface area contributed by atoms with Crippen molar-refractivity contribution in [2.45, 2.75) is 33.4 Å². The highest BCUT2D eigenvalue weighted by Crippen LogP contribution is 2.15. The number of rotatable bonds is 7. The Morgan fingerprint density at radius 3 is 2.73 bits per heavy atom. The van der Waals surface area contributed by atoms with Crippen LogP contribution in [0.5, 0.6) is 5.88 Å². The number of aryl methyl sites for hydroxylation is 1. The number of ether oxygens (including phenoxy) is 1. The van der Waals surface area contributed by atoms with Crippen LogP contribution in [0, 0.1) is 0 Å². The van der Waals surface area contributed by atoms with Gasteiger partial charge in [-0.25, -0.2) is 4.68 Å². The second kappa shape index (κ2) is 7.72. The number of nitrogens with one attached hydrogen (secondary N) is 1. The summed E-state index contributed by atoms with van der Waals surface area (Å²) in [6.45, 7) is 4.98. The highest BCUT2D eigenvalue weighted by molar-refractivity contribution is 5.95. The minimum Gasteiger partial charge on any atom is -0.480 e. The third-order valence-corrected chi connectivity index (χ3v) is 3.94. The smallest absolute Gasteiger partial charge is 0.255 e. The predicted molar refractivity (Wildman–Crippen MR) is 92.0 cm³/mol. The second-order valence-corrected chi connectivity index (χ2v) is 5.42. The largest absolute Gasteiger partial charge is 0.480 e. The Bertz CT molecular complexity index is 884.